The highest BCUT2D eigenvalue weighted by Crippen LogP contribution is 2.12. The molecule has 3 aromatic rings. The summed E-state index contributed by atoms with van der Waals surface area (Å²) in [5.74, 6) is 0.516. The van der Waals surface area contributed by atoms with E-state index in [2.05, 4.69) is 25.7 Å². The average Bonchev–Trinajstić information content (AvgIpc) is 3.29. The van der Waals surface area contributed by atoms with Crippen molar-refractivity contribution < 1.29 is 4.39 Å². The fraction of sp³-hybridized carbons (Fsp3) is 0.316. The number of halogens is 1. The van der Waals surface area contributed by atoms with E-state index < -0.39 is 0 Å². The lowest BCUT2D eigenvalue weighted by Crippen LogP contribution is -2.38. The third-order valence-electron chi connectivity index (χ3n) is 3.79. The van der Waals surface area contributed by atoms with Crippen LogP contribution in [0.3, 0.4) is 0 Å². The van der Waals surface area contributed by atoms with Gasteiger partial charge < -0.3 is 10.6 Å². The van der Waals surface area contributed by atoms with E-state index in [1.165, 1.54) is 17.0 Å². The SMILES string of the molecule is CCNC(=NCc1ncc(C)s1)NCCc1ccn(-c2ccc(F)cc2)n1. The Bertz CT molecular complexity index is 884. The van der Waals surface area contributed by atoms with Crippen molar-refractivity contribution in [2.24, 2.45) is 4.99 Å². The van der Waals surface area contributed by atoms with Gasteiger partial charge in [0.2, 0.25) is 0 Å². The van der Waals surface area contributed by atoms with Gasteiger partial charge in [-0.15, -0.1) is 11.3 Å². The van der Waals surface area contributed by atoms with Crippen LogP contribution in [-0.4, -0.2) is 33.8 Å². The molecular weight excluding hydrogens is 363 g/mol. The van der Waals surface area contributed by atoms with E-state index in [9.17, 15) is 4.39 Å². The molecule has 0 radical (unpaired) electrons. The molecule has 0 bridgehead atoms. The predicted octanol–water partition coefficient (Wildman–Crippen LogP) is 3.07. The van der Waals surface area contributed by atoms with Crippen LogP contribution in [0.5, 0.6) is 0 Å². The molecule has 2 aromatic heterocycles. The topological polar surface area (TPSA) is 67.1 Å². The summed E-state index contributed by atoms with van der Waals surface area (Å²) in [5.41, 5.74) is 1.79. The van der Waals surface area contributed by atoms with Gasteiger partial charge in [-0.05, 0) is 44.2 Å². The van der Waals surface area contributed by atoms with Gasteiger partial charge in [-0.1, -0.05) is 0 Å². The summed E-state index contributed by atoms with van der Waals surface area (Å²) in [6.07, 6.45) is 4.51. The molecule has 27 heavy (non-hydrogen) atoms. The van der Waals surface area contributed by atoms with Crippen molar-refractivity contribution >= 4 is 17.3 Å². The van der Waals surface area contributed by atoms with Crippen molar-refractivity contribution in [3.8, 4) is 5.69 Å². The molecule has 3 rings (SSSR count). The van der Waals surface area contributed by atoms with Crippen LogP contribution in [0.2, 0.25) is 0 Å². The summed E-state index contributed by atoms with van der Waals surface area (Å²) in [6, 6.07) is 8.25. The lowest BCUT2D eigenvalue weighted by atomic mass is 10.3. The van der Waals surface area contributed by atoms with E-state index in [-0.39, 0.29) is 5.82 Å². The number of nitrogens with one attached hydrogen (secondary N) is 2. The molecule has 0 unspecified atom stereocenters. The fourth-order valence-electron chi connectivity index (χ4n) is 2.50. The molecule has 142 valence electrons. The zero-order valence-electron chi connectivity index (χ0n) is 15.4. The number of aliphatic imine (C=N–C) groups is 1. The van der Waals surface area contributed by atoms with Gasteiger partial charge in [0.1, 0.15) is 10.8 Å². The molecule has 2 heterocycles. The van der Waals surface area contributed by atoms with Crippen molar-refractivity contribution in [1.29, 1.82) is 0 Å². The average molecular weight is 387 g/mol. The van der Waals surface area contributed by atoms with Crippen molar-refractivity contribution in [3.05, 3.63) is 64.1 Å². The Morgan fingerprint density at radius 2 is 2.04 bits per heavy atom. The Hall–Kier alpha value is -2.74. The molecule has 0 saturated heterocycles. The molecule has 1 aromatic carbocycles. The number of rotatable bonds is 7. The molecule has 0 amide bonds. The van der Waals surface area contributed by atoms with E-state index in [1.54, 1.807) is 28.2 Å². The standard InChI is InChI=1S/C19H23FN6S/c1-3-21-19(24-13-18-23-12-14(2)27-18)22-10-8-16-9-11-26(25-16)17-6-4-15(20)5-7-17/h4-7,9,11-12H,3,8,10,13H2,1-2H3,(H2,21,22,24). The Balaban J connectivity index is 1.53. The number of thiazole rings is 1. The van der Waals surface area contributed by atoms with Crippen molar-refractivity contribution in [2.45, 2.75) is 26.8 Å². The molecular formula is C19H23FN6S. The summed E-state index contributed by atoms with van der Waals surface area (Å²) in [4.78, 5) is 10.1. The highest BCUT2D eigenvalue weighted by molar-refractivity contribution is 7.11. The second-order valence-corrected chi connectivity index (χ2v) is 7.28. The first-order chi connectivity index (χ1) is 13.1. The lowest BCUT2D eigenvalue weighted by Gasteiger charge is -2.10. The Kier molecular flexibility index (Phi) is 6.54. The molecule has 6 nitrogen and oxygen atoms in total. The van der Waals surface area contributed by atoms with Crippen LogP contribution in [-0.2, 0) is 13.0 Å². The molecule has 0 aliphatic heterocycles. The molecule has 0 fully saturated rings. The zero-order valence-corrected chi connectivity index (χ0v) is 16.3. The van der Waals surface area contributed by atoms with Gasteiger partial charge in [0.15, 0.2) is 5.96 Å². The van der Waals surface area contributed by atoms with Gasteiger partial charge in [-0.2, -0.15) is 5.10 Å². The van der Waals surface area contributed by atoms with Crippen molar-refractivity contribution in [2.75, 3.05) is 13.1 Å². The quantitative estimate of drug-likeness (QED) is 0.484. The first-order valence-corrected chi connectivity index (χ1v) is 9.69. The number of guanidine groups is 1. The van der Waals surface area contributed by atoms with Crippen molar-refractivity contribution in [1.82, 2.24) is 25.4 Å². The van der Waals surface area contributed by atoms with Crippen LogP contribution < -0.4 is 10.6 Å². The monoisotopic (exact) mass is 386 g/mol. The van der Waals surface area contributed by atoms with Gasteiger partial charge in [0, 0.05) is 36.8 Å². The van der Waals surface area contributed by atoms with E-state index in [0.717, 1.165) is 35.3 Å². The first-order valence-electron chi connectivity index (χ1n) is 8.88. The lowest BCUT2D eigenvalue weighted by molar-refractivity contribution is 0.627. The number of nitrogens with zero attached hydrogens (tertiary/aromatic N) is 4. The van der Waals surface area contributed by atoms with Crippen LogP contribution in [0.4, 0.5) is 4.39 Å². The largest absolute Gasteiger partial charge is 0.357 e. The van der Waals surface area contributed by atoms with Gasteiger partial charge in [0.05, 0.1) is 17.9 Å². The number of hydrogen-bond donors (Lipinski definition) is 2. The smallest absolute Gasteiger partial charge is 0.191 e. The summed E-state index contributed by atoms with van der Waals surface area (Å²) in [6.45, 7) is 6.15. The van der Waals surface area contributed by atoms with Crippen LogP contribution in [0.15, 0.2) is 47.7 Å². The van der Waals surface area contributed by atoms with E-state index >= 15 is 0 Å². The highest BCUT2D eigenvalue weighted by Gasteiger charge is 2.04. The minimum Gasteiger partial charge on any atom is -0.357 e. The van der Waals surface area contributed by atoms with Crippen LogP contribution in [0.1, 0.15) is 22.5 Å². The van der Waals surface area contributed by atoms with E-state index in [1.807, 2.05) is 32.3 Å². The minimum absolute atomic E-state index is 0.251. The van der Waals surface area contributed by atoms with Crippen LogP contribution in [0.25, 0.3) is 5.69 Å². The summed E-state index contributed by atoms with van der Waals surface area (Å²) >= 11 is 1.66. The molecule has 0 saturated carbocycles. The first kappa shape index (κ1) is 19.0. The molecule has 0 aliphatic carbocycles. The van der Waals surface area contributed by atoms with Gasteiger partial charge in [-0.3, -0.25) is 0 Å². The second-order valence-electron chi connectivity index (χ2n) is 5.96. The Morgan fingerprint density at radius 1 is 1.22 bits per heavy atom. The molecule has 0 aliphatic rings. The highest BCUT2D eigenvalue weighted by atomic mass is 32.1. The molecule has 0 atom stereocenters. The Morgan fingerprint density at radius 3 is 2.74 bits per heavy atom. The predicted molar refractivity (Wildman–Crippen MR) is 107 cm³/mol. The molecule has 0 spiro atoms. The number of hydrogen-bond acceptors (Lipinski definition) is 4. The summed E-state index contributed by atoms with van der Waals surface area (Å²) < 4.78 is 14.8. The maximum absolute atomic E-state index is 13.0. The number of aromatic nitrogens is 3. The summed E-state index contributed by atoms with van der Waals surface area (Å²) in [5, 5.41) is 12.1. The van der Waals surface area contributed by atoms with Crippen LogP contribution >= 0.6 is 11.3 Å². The second kappa shape index (κ2) is 9.27. The third-order valence-corrected chi connectivity index (χ3v) is 4.69. The minimum atomic E-state index is -0.251. The van der Waals surface area contributed by atoms with Gasteiger partial charge >= 0.3 is 0 Å². The third kappa shape index (κ3) is 5.62. The van der Waals surface area contributed by atoms with Crippen LogP contribution in [0, 0.1) is 12.7 Å². The fourth-order valence-corrected chi connectivity index (χ4v) is 3.22. The van der Waals surface area contributed by atoms with Gasteiger partial charge in [0.25, 0.3) is 0 Å². The molecule has 8 heteroatoms. The molecule has 2 N–H and O–H groups in total. The zero-order chi connectivity index (χ0) is 19.1. The number of aryl methyl sites for hydroxylation is 1. The Labute approximate surface area is 162 Å². The maximum Gasteiger partial charge on any atom is 0.191 e. The normalized spacial score (nSPS) is 11.6. The van der Waals surface area contributed by atoms with E-state index in [0.29, 0.717) is 13.1 Å². The number of benzene rings is 1. The summed E-state index contributed by atoms with van der Waals surface area (Å²) in [7, 11) is 0. The van der Waals surface area contributed by atoms with Crippen molar-refractivity contribution in [3.63, 3.8) is 0 Å². The van der Waals surface area contributed by atoms with Gasteiger partial charge in [-0.25, -0.2) is 19.0 Å². The van der Waals surface area contributed by atoms with E-state index in [4.69, 9.17) is 0 Å². The maximum atomic E-state index is 13.0.